The van der Waals surface area contributed by atoms with Gasteiger partial charge >= 0.3 is 5.69 Å². The van der Waals surface area contributed by atoms with Gasteiger partial charge in [-0.05, 0) is 24.3 Å². The van der Waals surface area contributed by atoms with Crippen LogP contribution in [0.5, 0.6) is 0 Å². The second-order valence-electron chi connectivity index (χ2n) is 3.94. The number of anilines is 3. The number of benzene rings is 2. The van der Waals surface area contributed by atoms with Crippen LogP contribution in [0.25, 0.3) is 0 Å². The molecule has 0 amide bonds. The van der Waals surface area contributed by atoms with Gasteiger partial charge in [0.05, 0.1) is 15.6 Å². The summed E-state index contributed by atoms with van der Waals surface area (Å²) in [5, 5.41) is 16.5. The average molecular weight is 296 g/mol. The molecule has 0 saturated heterocycles. The van der Waals surface area contributed by atoms with Crippen LogP contribution in [0.1, 0.15) is 0 Å². The second kappa shape index (κ2) is 5.75. The highest BCUT2D eigenvalue weighted by molar-refractivity contribution is 6.31. The van der Waals surface area contributed by atoms with Crippen LogP contribution in [0.3, 0.4) is 0 Å². The lowest BCUT2D eigenvalue weighted by atomic mass is 10.2. The molecule has 0 atom stereocenters. The van der Waals surface area contributed by atoms with E-state index < -0.39 is 10.7 Å². The first-order valence-corrected chi connectivity index (χ1v) is 6.08. The molecule has 104 valence electrons. The lowest BCUT2D eigenvalue weighted by Gasteiger charge is -2.11. The van der Waals surface area contributed by atoms with Crippen molar-refractivity contribution in [3.63, 3.8) is 0 Å². The quantitative estimate of drug-likeness (QED) is 0.656. The molecule has 0 aliphatic rings. The summed E-state index contributed by atoms with van der Waals surface area (Å²) in [5.74, 6) is -0.654. The summed E-state index contributed by atoms with van der Waals surface area (Å²) in [4.78, 5) is 10.6. The number of hydrogen-bond donors (Lipinski definition) is 2. The fourth-order valence-corrected chi connectivity index (χ4v) is 1.96. The standard InChI is InChI=1S/C13H11ClFN3O2/c1-16-10-6-3-7-11(13(10)18(19)20)17-9-5-2-4-8(14)12(9)15/h2-7,16-17H,1H3. The number of nitrogens with zero attached hydrogens (tertiary/aromatic N) is 1. The highest BCUT2D eigenvalue weighted by atomic mass is 35.5. The number of para-hydroxylation sites is 1. The van der Waals surface area contributed by atoms with E-state index in [-0.39, 0.29) is 22.1 Å². The topological polar surface area (TPSA) is 67.2 Å². The summed E-state index contributed by atoms with van der Waals surface area (Å²) in [6.07, 6.45) is 0. The van der Waals surface area contributed by atoms with Crippen LogP contribution in [-0.4, -0.2) is 12.0 Å². The van der Waals surface area contributed by atoms with Crippen molar-refractivity contribution in [3.05, 3.63) is 57.4 Å². The van der Waals surface area contributed by atoms with Crippen molar-refractivity contribution in [1.29, 1.82) is 0 Å². The molecule has 20 heavy (non-hydrogen) atoms. The smallest absolute Gasteiger partial charge is 0.315 e. The van der Waals surface area contributed by atoms with Crippen molar-refractivity contribution in [2.75, 3.05) is 17.7 Å². The van der Waals surface area contributed by atoms with E-state index in [1.807, 2.05) is 0 Å². The van der Waals surface area contributed by atoms with Crippen LogP contribution in [0, 0.1) is 15.9 Å². The highest BCUT2D eigenvalue weighted by Gasteiger charge is 2.20. The number of nitro benzene ring substituents is 1. The van der Waals surface area contributed by atoms with E-state index >= 15 is 0 Å². The van der Waals surface area contributed by atoms with E-state index in [1.165, 1.54) is 18.2 Å². The molecule has 0 saturated carbocycles. The maximum Gasteiger partial charge on any atom is 0.315 e. The maximum absolute atomic E-state index is 13.8. The first-order valence-electron chi connectivity index (χ1n) is 5.70. The van der Waals surface area contributed by atoms with Gasteiger partial charge in [0.2, 0.25) is 0 Å². The monoisotopic (exact) mass is 295 g/mol. The minimum absolute atomic E-state index is 0.0533. The molecular formula is C13H11ClFN3O2. The van der Waals surface area contributed by atoms with Gasteiger partial charge in [0, 0.05) is 7.05 Å². The van der Waals surface area contributed by atoms with Crippen LogP contribution in [0.15, 0.2) is 36.4 Å². The Balaban J connectivity index is 2.48. The SMILES string of the molecule is CNc1cccc(Nc2cccc(Cl)c2F)c1[N+](=O)[O-]. The summed E-state index contributed by atoms with van der Waals surface area (Å²) >= 11 is 5.68. The Labute approximate surface area is 119 Å². The number of rotatable bonds is 4. The molecule has 2 aromatic rings. The second-order valence-corrected chi connectivity index (χ2v) is 4.34. The summed E-state index contributed by atoms with van der Waals surface area (Å²) in [7, 11) is 1.58. The molecule has 0 unspecified atom stereocenters. The van der Waals surface area contributed by atoms with Gasteiger partial charge in [0.1, 0.15) is 11.4 Å². The van der Waals surface area contributed by atoms with Crippen LogP contribution in [0.4, 0.5) is 27.1 Å². The molecule has 0 aromatic heterocycles. The van der Waals surface area contributed by atoms with Gasteiger partial charge in [-0.25, -0.2) is 4.39 Å². The number of halogens is 2. The molecule has 0 radical (unpaired) electrons. The lowest BCUT2D eigenvalue weighted by molar-refractivity contribution is -0.383. The zero-order valence-electron chi connectivity index (χ0n) is 10.5. The Morgan fingerprint density at radius 3 is 2.40 bits per heavy atom. The third-order valence-electron chi connectivity index (χ3n) is 2.71. The lowest BCUT2D eigenvalue weighted by Crippen LogP contribution is -2.02. The Hall–Kier alpha value is -2.34. The molecule has 2 N–H and O–H groups in total. The zero-order valence-corrected chi connectivity index (χ0v) is 11.2. The van der Waals surface area contributed by atoms with E-state index in [1.54, 1.807) is 25.2 Å². The Morgan fingerprint density at radius 2 is 1.75 bits per heavy atom. The summed E-state index contributed by atoms with van der Waals surface area (Å²) in [6.45, 7) is 0. The van der Waals surface area contributed by atoms with E-state index in [2.05, 4.69) is 10.6 Å². The summed E-state index contributed by atoms with van der Waals surface area (Å²) in [5.41, 5.74) is 0.439. The molecule has 0 spiro atoms. The van der Waals surface area contributed by atoms with Crippen molar-refractivity contribution in [2.45, 2.75) is 0 Å². The largest absolute Gasteiger partial charge is 0.382 e. The van der Waals surface area contributed by atoms with E-state index in [9.17, 15) is 14.5 Å². The number of nitrogens with one attached hydrogen (secondary N) is 2. The number of hydrogen-bond acceptors (Lipinski definition) is 4. The van der Waals surface area contributed by atoms with Crippen molar-refractivity contribution in [1.82, 2.24) is 0 Å². The molecule has 7 heteroatoms. The molecular weight excluding hydrogens is 285 g/mol. The number of nitro groups is 1. The van der Waals surface area contributed by atoms with E-state index in [4.69, 9.17) is 11.6 Å². The first-order chi connectivity index (χ1) is 9.54. The predicted octanol–water partition coefficient (Wildman–Crippen LogP) is 4.17. The molecule has 0 aliphatic heterocycles. The van der Waals surface area contributed by atoms with Crippen LogP contribution in [0.2, 0.25) is 5.02 Å². The first kappa shape index (κ1) is 14.1. The Morgan fingerprint density at radius 1 is 1.15 bits per heavy atom. The molecule has 2 aromatic carbocycles. The minimum Gasteiger partial charge on any atom is -0.382 e. The van der Waals surface area contributed by atoms with Crippen LogP contribution in [-0.2, 0) is 0 Å². The molecule has 0 bridgehead atoms. The van der Waals surface area contributed by atoms with Gasteiger partial charge in [-0.3, -0.25) is 10.1 Å². The maximum atomic E-state index is 13.8. The van der Waals surface area contributed by atoms with Gasteiger partial charge in [0.25, 0.3) is 0 Å². The average Bonchev–Trinajstić information content (AvgIpc) is 2.43. The molecule has 5 nitrogen and oxygen atoms in total. The third-order valence-corrected chi connectivity index (χ3v) is 3.00. The zero-order chi connectivity index (χ0) is 14.7. The normalized spacial score (nSPS) is 10.2. The van der Waals surface area contributed by atoms with Gasteiger partial charge in [-0.15, -0.1) is 0 Å². The summed E-state index contributed by atoms with van der Waals surface area (Å²) < 4.78 is 13.8. The van der Waals surface area contributed by atoms with Crippen LogP contribution >= 0.6 is 11.6 Å². The van der Waals surface area contributed by atoms with Crippen LogP contribution < -0.4 is 10.6 Å². The van der Waals surface area contributed by atoms with E-state index in [0.717, 1.165) is 0 Å². The molecule has 0 aliphatic carbocycles. The van der Waals surface area contributed by atoms with Gasteiger partial charge < -0.3 is 10.6 Å². The van der Waals surface area contributed by atoms with Gasteiger partial charge in [0.15, 0.2) is 5.82 Å². The van der Waals surface area contributed by atoms with Crippen molar-refractivity contribution < 1.29 is 9.31 Å². The molecule has 2 rings (SSSR count). The highest BCUT2D eigenvalue weighted by Crippen LogP contribution is 2.35. The van der Waals surface area contributed by atoms with Crippen molar-refractivity contribution >= 4 is 34.4 Å². The molecule has 0 heterocycles. The summed E-state index contributed by atoms with van der Waals surface area (Å²) in [6, 6.07) is 9.11. The fraction of sp³-hybridized carbons (Fsp3) is 0.0769. The van der Waals surface area contributed by atoms with Gasteiger partial charge in [-0.1, -0.05) is 23.7 Å². The molecule has 0 fully saturated rings. The minimum atomic E-state index is -0.654. The third kappa shape index (κ3) is 2.65. The van der Waals surface area contributed by atoms with Crippen molar-refractivity contribution in [3.8, 4) is 0 Å². The predicted molar refractivity (Wildman–Crippen MR) is 77.3 cm³/mol. The fourth-order valence-electron chi connectivity index (χ4n) is 1.79. The van der Waals surface area contributed by atoms with Crippen molar-refractivity contribution in [2.24, 2.45) is 0 Å². The van der Waals surface area contributed by atoms with Gasteiger partial charge in [-0.2, -0.15) is 0 Å². The van der Waals surface area contributed by atoms with E-state index in [0.29, 0.717) is 5.69 Å². The Bertz CT molecular complexity index is 664. The Kier molecular flexibility index (Phi) is 4.05.